The Hall–Kier alpha value is -2.41. The van der Waals surface area contributed by atoms with Crippen molar-refractivity contribution in [2.45, 2.75) is 6.92 Å². The van der Waals surface area contributed by atoms with Crippen molar-refractivity contribution in [3.8, 4) is 0 Å². The van der Waals surface area contributed by atoms with Crippen molar-refractivity contribution in [3.63, 3.8) is 0 Å². The molecule has 0 fully saturated rings. The molecular weight excluding hydrogens is 232 g/mol. The number of amides is 1. The Labute approximate surface area is 104 Å². The molecule has 1 amide bonds. The number of nitrogens with zero attached hydrogens (tertiary/aromatic N) is 3. The topological polar surface area (TPSA) is 97.9 Å². The van der Waals surface area contributed by atoms with Gasteiger partial charge in [0.1, 0.15) is 5.82 Å². The van der Waals surface area contributed by atoms with Crippen LogP contribution in [0.15, 0.2) is 24.5 Å². The molecule has 0 saturated heterocycles. The Balaban J connectivity index is 2.19. The number of carbonyl (C=O) groups excluding carboxylic acids is 1. The number of hydrazine groups is 1. The van der Waals surface area contributed by atoms with Gasteiger partial charge in [-0.1, -0.05) is 0 Å². The van der Waals surface area contributed by atoms with Gasteiger partial charge in [0.2, 0.25) is 0 Å². The minimum absolute atomic E-state index is 0.231. The third-order valence-electron chi connectivity index (χ3n) is 2.43. The molecule has 2 aromatic heterocycles. The lowest BCUT2D eigenvalue weighted by Gasteiger charge is -2.05. The van der Waals surface area contributed by atoms with Gasteiger partial charge in [-0.15, -0.1) is 0 Å². The number of aryl methyl sites for hydroxylation is 2. The molecule has 0 aromatic carbocycles. The van der Waals surface area contributed by atoms with Gasteiger partial charge in [0.05, 0.1) is 11.4 Å². The number of hydrogen-bond donors (Lipinski definition) is 3. The van der Waals surface area contributed by atoms with Crippen molar-refractivity contribution in [3.05, 3.63) is 35.8 Å². The number of aromatic nitrogens is 3. The average Bonchev–Trinajstić information content (AvgIpc) is 2.68. The van der Waals surface area contributed by atoms with Crippen molar-refractivity contribution in [2.75, 3.05) is 10.7 Å². The lowest BCUT2D eigenvalue weighted by Crippen LogP contribution is -2.14. The lowest BCUT2D eigenvalue weighted by atomic mass is 10.2. The molecule has 0 bridgehead atoms. The lowest BCUT2D eigenvalue weighted by molar-refractivity contribution is 0.102. The van der Waals surface area contributed by atoms with Gasteiger partial charge in [0, 0.05) is 25.0 Å². The zero-order valence-corrected chi connectivity index (χ0v) is 10.1. The number of hydrogen-bond acceptors (Lipinski definition) is 5. The summed E-state index contributed by atoms with van der Waals surface area (Å²) in [5.74, 6) is 5.45. The summed E-state index contributed by atoms with van der Waals surface area (Å²) in [5.41, 5.74) is 4.31. The second-order valence-electron chi connectivity index (χ2n) is 3.83. The van der Waals surface area contributed by atoms with Crippen LogP contribution in [0.4, 0.5) is 11.5 Å². The van der Waals surface area contributed by atoms with Crippen LogP contribution in [0.3, 0.4) is 0 Å². The number of rotatable bonds is 3. The van der Waals surface area contributed by atoms with E-state index in [1.165, 1.54) is 6.20 Å². The van der Waals surface area contributed by atoms with Crippen molar-refractivity contribution in [2.24, 2.45) is 12.9 Å². The molecule has 0 aliphatic carbocycles. The Morgan fingerprint density at radius 3 is 2.89 bits per heavy atom. The third kappa shape index (κ3) is 2.46. The molecule has 18 heavy (non-hydrogen) atoms. The summed E-state index contributed by atoms with van der Waals surface area (Å²) in [6, 6.07) is 3.18. The van der Waals surface area contributed by atoms with Crippen LogP contribution in [0.25, 0.3) is 0 Å². The van der Waals surface area contributed by atoms with Crippen molar-refractivity contribution < 1.29 is 4.79 Å². The smallest absolute Gasteiger partial charge is 0.255 e. The maximum atomic E-state index is 12.0. The number of nitrogen functional groups attached to an aromatic ring is 1. The predicted molar refractivity (Wildman–Crippen MR) is 67.9 cm³/mol. The molecule has 7 heteroatoms. The second-order valence-corrected chi connectivity index (χ2v) is 3.83. The van der Waals surface area contributed by atoms with E-state index in [0.717, 1.165) is 5.69 Å². The summed E-state index contributed by atoms with van der Waals surface area (Å²) >= 11 is 0. The number of pyridine rings is 1. The Bertz CT molecular complexity index is 577. The predicted octanol–water partition coefficient (Wildman–Crippen LogP) is 0.661. The number of anilines is 2. The van der Waals surface area contributed by atoms with Crippen LogP contribution in [-0.4, -0.2) is 20.7 Å². The van der Waals surface area contributed by atoms with E-state index in [-0.39, 0.29) is 5.91 Å². The first-order valence-electron chi connectivity index (χ1n) is 5.34. The quantitative estimate of drug-likeness (QED) is 0.546. The molecule has 0 saturated carbocycles. The highest BCUT2D eigenvalue weighted by atomic mass is 16.1. The highest BCUT2D eigenvalue weighted by Crippen LogP contribution is 2.14. The minimum atomic E-state index is -0.231. The summed E-state index contributed by atoms with van der Waals surface area (Å²) in [6.07, 6.45) is 3.26. The van der Waals surface area contributed by atoms with E-state index in [2.05, 4.69) is 20.8 Å². The zero-order chi connectivity index (χ0) is 13.1. The molecule has 2 aromatic rings. The molecule has 0 spiro atoms. The van der Waals surface area contributed by atoms with Crippen LogP contribution in [0.5, 0.6) is 0 Å². The summed E-state index contributed by atoms with van der Waals surface area (Å²) in [4.78, 5) is 15.9. The maximum absolute atomic E-state index is 12.0. The largest absolute Gasteiger partial charge is 0.319 e. The maximum Gasteiger partial charge on any atom is 0.255 e. The number of nitrogens with one attached hydrogen (secondary N) is 2. The van der Waals surface area contributed by atoms with E-state index in [4.69, 9.17) is 5.84 Å². The molecule has 4 N–H and O–H groups in total. The SMILES string of the molecule is Cc1nn(C)cc1NC(=O)c1ccnc(NN)c1. The zero-order valence-electron chi connectivity index (χ0n) is 10.1. The van der Waals surface area contributed by atoms with Gasteiger partial charge < -0.3 is 10.7 Å². The van der Waals surface area contributed by atoms with E-state index in [1.807, 2.05) is 6.92 Å². The van der Waals surface area contributed by atoms with E-state index in [1.54, 1.807) is 30.1 Å². The van der Waals surface area contributed by atoms with Crippen LogP contribution >= 0.6 is 0 Å². The molecule has 0 aliphatic rings. The summed E-state index contributed by atoms with van der Waals surface area (Å²) in [5, 5.41) is 6.93. The molecule has 0 radical (unpaired) electrons. The normalized spacial score (nSPS) is 10.2. The van der Waals surface area contributed by atoms with Gasteiger partial charge in [-0.3, -0.25) is 9.48 Å². The van der Waals surface area contributed by atoms with E-state index < -0.39 is 0 Å². The number of carbonyl (C=O) groups is 1. The van der Waals surface area contributed by atoms with Crippen LogP contribution in [0.1, 0.15) is 16.1 Å². The average molecular weight is 246 g/mol. The fourth-order valence-electron chi connectivity index (χ4n) is 1.57. The Morgan fingerprint density at radius 1 is 1.50 bits per heavy atom. The standard InChI is InChI=1S/C11H14N6O/c1-7-9(6-17(2)16-7)14-11(18)8-3-4-13-10(5-8)15-12/h3-6H,12H2,1-2H3,(H,13,15)(H,14,18). The van der Waals surface area contributed by atoms with Crippen LogP contribution in [0, 0.1) is 6.92 Å². The van der Waals surface area contributed by atoms with E-state index in [0.29, 0.717) is 17.1 Å². The fraction of sp³-hybridized carbons (Fsp3) is 0.182. The minimum Gasteiger partial charge on any atom is -0.319 e. The van der Waals surface area contributed by atoms with Gasteiger partial charge in [0.15, 0.2) is 0 Å². The molecule has 0 unspecified atom stereocenters. The highest BCUT2D eigenvalue weighted by Gasteiger charge is 2.10. The van der Waals surface area contributed by atoms with Crippen molar-refractivity contribution >= 4 is 17.4 Å². The molecule has 94 valence electrons. The Kier molecular flexibility index (Phi) is 3.24. The van der Waals surface area contributed by atoms with Crippen LogP contribution in [0.2, 0.25) is 0 Å². The molecule has 2 rings (SSSR count). The van der Waals surface area contributed by atoms with Crippen molar-refractivity contribution in [1.29, 1.82) is 0 Å². The van der Waals surface area contributed by atoms with Gasteiger partial charge in [-0.25, -0.2) is 10.8 Å². The fourth-order valence-corrected chi connectivity index (χ4v) is 1.57. The summed E-state index contributed by atoms with van der Waals surface area (Å²) in [6.45, 7) is 1.83. The van der Waals surface area contributed by atoms with Gasteiger partial charge >= 0.3 is 0 Å². The van der Waals surface area contributed by atoms with Crippen LogP contribution < -0.4 is 16.6 Å². The van der Waals surface area contributed by atoms with Crippen LogP contribution in [-0.2, 0) is 7.05 Å². The van der Waals surface area contributed by atoms with E-state index in [9.17, 15) is 4.79 Å². The molecule has 0 atom stereocenters. The monoisotopic (exact) mass is 246 g/mol. The molecule has 0 aliphatic heterocycles. The first-order chi connectivity index (χ1) is 8.60. The first kappa shape index (κ1) is 12.1. The van der Waals surface area contributed by atoms with E-state index >= 15 is 0 Å². The molecule has 7 nitrogen and oxygen atoms in total. The summed E-state index contributed by atoms with van der Waals surface area (Å²) < 4.78 is 1.64. The Morgan fingerprint density at radius 2 is 2.28 bits per heavy atom. The highest BCUT2D eigenvalue weighted by molar-refractivity contribution is 6.04. The number of nitrogens with two attached hydrogens (primary N) is 1. The third-order valence-corrected chi connectivity index (χ3v) is 2.43. The molecule has 2 heterocycles. The second kappa shape index (κ2) is 4.84. The summed E-state index contributed by atoms with van der Waals surface area (Å²) in [7, 11) is 1.80. The van der Waals surface area contributed by atoms with Gasteiger partial charge in [0.25, 0.3) is 5.91 Å². The van der Waals surface area contributed by atoms with Gasteiger partial charge in [-0.2, -0.15) is 5.10 Å². The van der Waals surface area contributed by atoms with Gasteiger partial charge in [-0.05, 0) is 19.1 Å². The van der Waals surface area contributed by atoms with Crippen molar-refractivity contribution in [1.82, 2.24) is 14.8 Å². The first-order valence-corrected chi connectivity index (χ1v) is 5.34. The molecular formula is C11H14N6O.